The van der Waals surface area contributed by atoms with Crippen molar-refractivity contribution in [3.8, 4) is 5.75 Å². The molecule has 1 saturated carbocycles. The lowest BCUT2D eigenvalue weighted by molar-refractivity contribution is -0.140. The van der Waals surface area contributed by atoms with Crippen molar-refractivity contribution in [2.45, 2.75) is 62.0 Å². The number of benzene rings is 4. The fraction of sp³-hybridized carbons (Fsp3) is 0.297. The summed E-state index contributed by atoms with van der Waals surface area (Å²) in [6, 6.07) is 23.8. The molecule has 5 rings (SSSR count). The maximum atomic E-state index is 14.6. The molecule has 4 aromatic carbocycles. The number of carbonyl (C=O) groups excluding carboxylic acids is 2. The quantitative estimate of drug-likeness (QED) is 0.155. The van der Waals surface area contributed by atoms with Crippen molar-refractivity contribution < 1.29 is 27.1 Å². The van der Waals surface area contributed by atoms with Crippen LogP contribution in [0.5, 0.6) is 5.75 Å². The molecule has 49 heavy (non-hydrogen) atoms. The molecule has 0 radical (unpaired) electrons. The van der Waals surface area contributed by atoms with Gasteiger partial charge in [0.2, 0.25) is 11.8 Å². The van der Waals surface area contributed by atoms with Gasteiger partial charge >= 0.3 is 0 Å². The van der Waals surface area contributed by atoms with Crippen LogP contribution in [0.1, 0.15) is 43.2 Å². The average molecular weight is 727 g/mol. The van der Waals surface area contributed by atoms with Crippen LogP contribution < -0.4 is 14.4 Å². The van der Waals surface area contributed by atoms with E-state index in [9.17, 15) is 22.4 Å². The van der Waals surface area contributed by atoms with Gasteiger partial charge in [0, 0.05) is 19.0 Å². The molecule has 0 spiro atoms. The summed E-state index contributed by atoms with van der Waals surface area (Å²) in [5.41, 5.74) is 1.49. The van der Waals surface area contributed by atoms with E-state index in [-0.39, 0.29) is 40.5 Å². The van der Waals surface area contributed by atoms with Gasteiger partial charge in [-0.2, -0.15) is 0 Å². The summed E-state index contributed by atoms with van der Waals surface area (Å²) < 4.78 is 48.5. The molecular formula is C37H38Cl2FN3O5S. The minimum atomic E-state index is -4.36. The van der Waals surface area contributed by atoms with E-state index in [1.54, 1.807) is 18.2 Å². The van der Waals surface area contributed by atoms with E-state index in [4.69, 9.17) is 27.9 Å². The predicted octanol–water partition coefficient (Wildman–Crippen LogP) is 7.43. The highest BCUT2D eigenvalue weighted by atomic mass is 35.5. The SMILES string of the molecule is COc1ccc(S(=O)(=O)N(CC(=O)N(Cc2ccc(Cl)c(Cl)c2)[C@H](Cc2ccccc2)C(=O)NC2CCCCC2)c2ccc(F)cc2)cc1. The molecule has 0 saturated heterocycles. The molecule has 4 aromatic rings. The first-order valence-corrected chi connectivity index (χ1v) is 18.2. The summed E-state index contributed by atoms with van der Waals surface area (Å²) in [4.78, 5) is 30.1. The van der Waals surface area contributed by atoms with Gasteiger partial charge in [-0.05, 0) is 84.6 Å². The van der Waals surface area contributed by atoms with Crippen molar-refractivity contribution in [3.63, 3.8) is 0 Å². The van der Waals surface area contributed by atoms with Gasteiger partial charge in [-0.3, -0.25) is 13.9 Å². The summed E-state index contributed by atoms with van der Waals surface area (Å²) in [7, 11) is -2.90. The van der Waals surface area contributed by atoms with E-state index in [1.165, 1.54) is 48.4 Å². The maximum absolute atomic E-state index is 14.6. The number of hydrogen-bond acceptors (Lipinski definition) is 5. The number of hydrogen-bond donors (Lipinski definition) is 1. The zero-order valence-electron chi connectivity index (χ0n) is 27.0. The fourth-order valence-corrected chi connectivity index (χ4v) is 7.68. The predicted molar refractivity (Wildman–Crippen MR) is 190 cm³/mol. The van der Waals surface area contributed by atoms with Gasteiger partial charge in [-0.25, -0.2) is 12.8 Å². The summed E-state index contributed by atoms with van der Waals surface area (Å²) in [5.74, 6) is -1.10. The lowest BCUT2D eigenvalue weighted by atomic mass is 9.94. The number of nitrogens with one attached hydrogen (secondary N) is 1. The molecule has 258 valence electrons. The third-order valence-electron chi connectivity index (χ3n) is 8.60. The number of carbonyl (C=O) groups is 2. The van der Waals surface area contributed by atoms with Gasteiger partial charge in [0.15, 0.2) is 0 Å². The summed E-state index contributed by atoms with van der Waals surface area (Å²) in [6.07, 6.45) is 4.94. The lowest BCUT2D eigenvalue weighted by Crippen LogP contribution is -2.55. The molecule has 0 unspecified atom stereocenters. The number of amides is 2. The highest BCUT2D eigenvalue weighted by molar-refractivity contribution is 7.92. The van der Waals surface area contributed by atoms with Gasteiger partial charge in [-0.15, -0.1) is 0 Å². The van der Waals surface area contributed by atoms with Crippen LogP contribution in [-0.2, 0) is 32.6 Å². The van der Waals surface area contributed by atoms with Crippen LogP contribution in [-0.4, -0.2) is 50.9 Å². The van der Waals surface area contributed by atoms with E-state index < -0.39 is 34.3 Å². The molecule has 0 heterocycles. The summed E-state index contributed by atoms with van der Waals surface area (Å²) in [5, 5.41) is 3.77. The van der Waals surface area contributed by atoms with Crippen LogP contribution in [0.4, 0.5) is 10.1 Å². The average Bonchev–Trinajstić information content (AvgIpc) is 3.11. The van der Waals surface area contributed by atoms with Crippen LogP contribution in [0.3, 0.4) is 0 Å². The first-order chi connectivity index (χ1) is 23.5. The highest BCUT2D eigenvalue weighted by Crippen LogP contribution is 2.28. The van der Waals surface area contributed by atoms with Crippen LogP contribution >= 0.6 is 23.2 Å². The van der Waals surface area contributed by atoms with Crippen molar-refractivity contribution in [1.82, 2.24) is 10.2 Å². The maximum Gasteiger partial charge on any atom is 0.264 e. The lowest BCUT2D eigenvalue weighted by Gasteiger charge is -2.35. The van der Waals surface area contributed by atoms with Crippen molar-refractivity contribution >= 4 is 50.7 Å². The highest BCUT2D eigenvalue weighted by Gasteiger charge is 2.35. The van der Waals surface area contributed by atoms with E-state index in [0.29, 0.717) is 16.3 Å². The molecule has 0 bridgehead atoms. The van der Waals surface area contributed by atoms with E-state index >= 15 is 0 Å². The Balaban J connectivity index is 1.57. The van der Waals surface area contributed by atoms with Crippen molar-refractivity contribution in [2.75, 3.05) is 18.0 Å². The third kappa shape index (κ3) is 9.32. The molecule has 1 aliphatic rings. The van der Waals surface area contributed by atoms with Gasteiger partial charge in [-0.1, -0.05) is 78.9 Å². The first kappa shape index (κ1) is 36.2. The van der Waals surface area contributed by atoms with Crippen molar-refractivity contribution in [2.24, 2.45) is 0 Å². The second-order valence-electron chi connectivity index (χ2n) is 12.0. The molecule has 12 heteroatoms. The standard InChI is InChI=1S/C37H38Cl2FN3O5S/c1-48-31-17-19-32(20-18-31)49(46,47)43(30-15-13-28(40)14-16-30)25-36(44)42(24-27-12-21-33(38)34(39)22-27)35(23-26-8-4-2-5-9-26)37(45)41-29-10-6-3-7-11-29/h2,4-5,8-9,12-22,29,35H,3,6-7,10-11,23-25H2,1H3,(H,41,45)/t35-/m1/s1. The third-order valence-corrected chi connectivity index (χ3v) is 11.1. The molecule has 0 aliphatic heterocycles. The van der Waals surface area contributed by atoms with Gasteiger partial charge < -0.3 is 15.0 Å². The Morgan fingerprint density at radius 2 is 1.55 bits per heavy atom. The number of halogens is 3. The molecule has 1 N–H and O–H groups in total. The number of ether oxygens (including phenoxy) is 1. The molecule has 0 aromatic heterocycles. The van der Waals surface area contributed by atoms with Gasteiger partial charge in [0.1, 0.15) is 24.2 Å². The monoisotopic (exact) mass is 725 g/mol. The summed E-state index contributed by atoms with van der Waals surface area (Å²) >= 11 is 12.6. The molecule has 1 aliphatic carbocycles. The zero-order chi connectivity index (χ0) is 35.0. The topological polar surface area (TPSA) is 96.0 Å². The van der Waals surface area contributed by atoms with E-state index in [1.807, 2.05) is 30.3 Å². The molecule has 1 atom stereocenters. The van der Waals surface area contributed by atoms with Crippen LogP contribution in [0.25, 0.3) is 0 Å². The normalized spacial score (nSPS) is 14.1. The minimum absolute atomic E-state index is 0.0346. The minimum Gasteiger partial charge on any atom is -0.497 e. The second kappa shape index (κ2) is 16.5. The smallest absolute Gasteiger partial charge is 0.264 e. The molecular weight excluding hydrogens is 688 g/mol. The number of nitrogens with zero attached hydrogens (tertiary/aromatic N) is 2. The van der Waals surface area contributed by atoms with E-state index in [0.717, 1.165) is 54.1 Å². The molecule has 1 fully saturated rings. The largest absolute Gasteiger partial charge is 0.497 e. The Labute approximate surface area is 296 Å². The van der Waals surface area contributed by atoms with Crippen LogP contribution in [0, 0.1) is 5.82 Å². The van der Waals surface area contributed by atoms with E-state index in [2.05, 4.69) is 5.32 Å². The summed E-state index contributed by atoms with van der Waals surface area (Å²) in [6.45, 7) is -0.742. The number of rotatable bonds is 13. The molecule has 8 nitrogen and oxygen atoms in total. The first-order valence-electron chi connectivity index (χ1n) is 16.0. The van der Waals surface area contributed by atoms with Crippen molar-refractivity contribution in [1.29, 1.82) is 0 Å². The second-order valence-corrected chi connectivity index (χ2v) is 14.7. The zero-order valence-corrected chi connectivity index (χ0v) is 29.4. The van der Waals surface area contributed by atoms with Gasteiger partial charge in [0.25, 0.3) is 10.0 Å². The van der Waals surface area contributed by atoms with Gasteiger partial charge in [0.05, 0.1) is 27.7 Å². The molecule has 2 amide bonds. The van der Waals surface area contributed by atoms with Crippen molar-refractivity contribution in [3.05, 3.63) is 124 Å². The Hall–Kier alpha value is -4.12. The fourth-order valence-electron chi connectivity index (χ4n) is 5.94. The number of anilines is 1. The van der Waals surface area contributed by atoms with Crippen LogP contribution in [0.2, 0.25) is 10.0 Å². The van der Waals surface area contributed by atoms with Crippen LogP contribution in [0.15, 0.2) is 102 Å². The number of sulfonamides is 1. The Bertz CT molecular complexity index is 1840. The number of methoxy groups -OCH3 is 1. The Morgan fingerprint density at radius 3 is 2.18 bits per heavy atom. The Morgan fingerprint density at radius 1 is 0.878 bits per heavy atom. The Kier molecular flexibility index (Phi) is 12.2.